The topological polar surface area (TPSA) is 64.0 Å². The van der Waals surface area contributed by atoms with Gasteiger partial charge in [-0.3, -0.25) is 14.2 Å². The van der Waals surface area contributed by atoms with E-state index < -0.39 is 11.7 Å². The maximum absolute atomic E-state index is 13.9. The van der Waals surface area contributed by atoms with Crippen molar-refractivity contribution in [2.45, 2.75) is 18.6 Å². The number of hydrogen-bond acceptors (Lipinski definition) is 5. The van der Waals surface area contributed by atoms with Crippen LogP contribution in [0.25, 0.3) is 21.3 Å². The van der Waals surface area contributed by atoms with E-state index in [0.717, 1.165) is 29.0 Å². The average molecular weight is 474 g/mol. The highest BCUT2D eigenvalue weighted by Gasteiger charge is 2.17. The number of aromatic nitrogens is 2. The van der Waals surface area contributed by atoms with Crippen LogP contribution in [0.2, 0.25) is 5.02 Å². The smallest absolute Gasteiger partial charge is 0.272 e. The first kappa shape index (κ1) is 21.5. The number of nitrogens with zero attached hydrogens (tertiary/aromatic N) is 2. The van der Waals surface area contributed by atoms with Crippen LogP contribution in [0.15, 0.2) is 63.9 Å². The van der Waals surface area contributed by atoms with Crippen molar-refractivity contribution >= 4 is 56.5 Å². The maximum atomic E-state index is 13.9. The van der Waals surface area contributed by atoms with Gasteiger partial charge in [0.25, 0.3) is 5.56 Å². The van der Waals surface area contributed by atoms with Crippen LogP contribution in [0, 0.1) is 5.82 Å². The second kappa shape index (κ2) is 9.21. The molecule has 0 saturated heterocycles. The monoisotopic (exact) mass is 473 g/mol. The number of anilines is 1. The number of halogens is 2. The Labute approximate surface area is 190 Å². The predicted molar refractivity (Wildman–Crippen MR) is 126 cm³/mol. The maximum Gasteiger partial charge on any atom is 0.272 e. The van der Waals surface area contributed by atoms with Gasteiger partial charge in [-0.05, 0) is 30.7 Å². The van der Waals surface area contributed by atoms with Crippen molar-refractivity contribution in [1.82, 2.24) is 9.55 Å². The fraction of sp³-hybridized carbons (Fsp3) is 0.136. The van der Waals surface area contributed by atoms with E-state index >= 15 is 0 Å². The number of carbonyl (C=O) groups excluding carboxylic acids is 1. The summed E-state index contributed by atoms with van der Waals surface area (Å²) in [5, 5.41) is 5.15. The van der Waals surface area contributed by atoms with E-state index in [1.807, 2.05) is 42.6 Å². The van der Waals surface area contributed by atoms with E-state index in [-0.39, 0.29) is 22.0 Å². The van der Waals surface area contributed by atoms with Gasteiger partial charge >= 0.3 is 0 Å². The third-order valence-electron chi connectivity index (χ3n) is 4.58. The molecule has 0 aliphatic rings. The third kappa shape index (κ3) is 4.51. The second-order valence-corrected chi connectivity index (χ2v) is 8.86. The lowest BCUT2D eigenvalue weighted by Crippen LogP contribution is -2.23. The summed E-state index contributed by atoms with van der Waals surface area (Å²) in [6.07, 6.45) is 0. The SMILES string of the molecule is CCn1c(SCC(=O)Nc2ccc(Cl)cc2F)nc2c(-c3ccccc3)csc2c1=O. The van der Waals surface area contributed by atoms with E-state index in [2.05, 4.69) is 5.32 Å². The third-order valence-corrected chi connectivity index (χ3v) is 6.75. The van der Waals surface area contributed by atoms with E-state index in [1.54, 1.807) is 4.57 Å². The Morgan fingerprint density at radius 1 is 1.26 bits per heavy atom. The van der Waals surface area contributed by atoms with Crippen LogP contribution in [0.3, 0.4) is 0 Å². The summed E-state index contributed by atoms with van der Waals surface area (Å²) in [6, 6.07) is 13.8. The van der Waals surface area contributed by atoms with Crippen LogP contribution in [0.1, 0.15) is 6.92 Å². The normalized spacial score (nSPS) is 11.1. The highest BCUT2D eigenvalue weighted by Crippen LogP contribution is 2.32. The lowest BCUT2D eigenvalue weighted by molar-refractivity contribution is -0.113. The van der Waals surface area contributed by atoms with Gasteiger partial charge in [0.1, 0.15) is 10.5 Å². The van der Waals surface area contributed by atoms with Gasteiger partial charge in [-0.15, -0.1) is 11.3 Å². The number of hydrogen-bond donors (Lipinski definition) is 1. The molecule has 0 aliphatic heterocycles. The van der Waals surface area contributed by atoms with Crippen molar-refractivity contribution in [3.63, 3.8) is 0 Å². The molecule has 0 saturated carbocycles. The van der Waals surface area contributed by atoms with Crippen molar-refractivity contribution in [2.24, 2.45) is 0 Å². The quantitative estimate of drug-likeness (QED) is 0.289. The van der Waals surface area contributed by atoms with Gasteiger partial charge in [0.15, 0.2) is 5.16 Å². The number of benzene rings is 2. The first-order valence-corrected chi connectivity index (χ1v) is 11.7. The summed E-state index contributed by atoms with van der Waals surface area (Å²) in [6.45, 7) is 2.28. The molecule has 4 rings (SSSR count). The first-order chi connectivity index (χ1) is 15.0. The number of thiophene rings is 1. The fourth-order valence-electron chi connectivity index (χ4n) is 3.10. The molecule has 4 aromatic rings. The molecule has 0 spiro atoms. The Morgan fingerprint density at radius 3 is 2.74 bits per heavy atom. The molecule has 2 aromatic carbocycles. The van der Waals surface area contributed by atoms with Crippen molar-refractivity contribution in [3.05, 3.63) is 75.1 Å². The van der Waals surface area contributed by atoms with Crippen LogP contribution in [-0.4, -0.2) is 21.2 Å². The van der Waals surface area contributed by atoms with Gasteiger partial charge in [-0.1, -0.05) is 53.7 Å². The molecule has 0 atom stereocenters. The Morgan fingerprint density at radius 2 is 2.03 bits per heavy atom. The Balaban J connectivity index is 1.62. The zero-order valence-electron chi connectivity index (χ0n) is 16.4. The fourth-order valence-corrected chi connectivity index (χ4v) is 5.08. The largest absolute Gasteiger partial charge is 0.323 e. The zero-order chi connectivity index (χ0) is 22.0. The van der Waals surface area contributed by atoms with E-state index in [1.165, 1.54) is 23.5 Å². The van der Waals surface area contributed by atoms with Gasteiger partial charge in [-0.2, -0.15) is 0 Å². The Hall–Kier alpha value is -2.68. The van der Waals surface area contributed by atoms with Crippen molar-refractivity contribution in [1.29, 1.82) is 0 Å². The first-order valence-electron chi connectivity index (χ1n) is 9.43. The number of thioether (sulfide) groups is 1. The molecular formula is C22H17ClFN3O2S2. The summed E-state index contributed by atoms with van der Waals surface area (Å²) in [5.74, 6) is -1.04. The molecule has 0 unspecified atom stereocenters. The molecule has 9 heteroatoms. The van der Waals surface area contributed by atoms with E-state index in [9.17, 15) is 14.0 Å². The summed E-state index contributed by atoms with van der Waals surface area (Å²) in [5.41, 5.74) is 2.40. The molecule has 0 fully saturated rings. The van der Waals surface area contributed by atoms with Crippen LogP contribution in [0.5, 0.6) is 0 Å². The molecule has 31 heavy (non-hydrogen) atoms. The van der Waals surface area contributed by atoms with Gasteiger partial charge in [0, 0.05) is 22.5 Å². The van der Waals surface area contributed by atoms with Crippen LogP contribution in [-0.2, 0) is 11.3 Å². The number of nitrogens with one attached hydrogen (secondary N) is 1. The molecule has 0 aliphatic carbocycles. The van der Waals surface area contributed by atoms with Gasteiger partial charge in [-0.25, -0.2) is 9.37 Å². The lowest BCUT2D eigenvalue weighted by Gasteiger charge is -2.11. The number of fused-ring (bicyclic) bond motifs is 1. The van der Waals surface area contributed by atoms with Crippen molar-refractivity contribution in [2.75, 3.05) is 11.1 Å². The van der Waals surface area contributed by atoms with Gasteiger partial charge in [0.05, 0.1) is 17.0 Å². The molecule has 1 N–H and O–H groups in total. The molecule has 0 bridgehead atoms. The minimum Gasteiger partial charge on any atom is -0.323 e. The summed E-state index contributed by atoms with van der Waals surface area (Å²) < 4.78 is 16.1. The molecular weight excluding hydrogens is 457 g/mol. The summed E-state index contributed by atoms with van der Waals surface area (Å²) in [7, 11) is 0. The van der Waals surface area contributed by atoms with Crippen LogP contribution < -0.4 is 10.9 Å². The molecule has 5 nitrogen and oxygen atoms in total. The molecule has 0 radical (unpaired) electrons. The highest BCUT2D eigenvalue weighted by atomic mass is 35.5. The van der Waals surface area contributed by atoms with Crippen LogP contribution in [0.4, 0.5) is 10.1 Å². The summed E-state index contributed by atoms with van der Waals surface area (Å²) in [4.78, 5) is 30.1. The van der Waals surface area contributed by atoms with Gasteiger partial charge < -0.3 is 5.32 Å². The number of carbonyl (C=O) groups is 1. The van der Waals surface area contributed by atoms with Gasteiger partial charge in [0.2, 0.25) is 5.91 Å². The predicted octanol–water partition coefficient (Wildman–Crippen LogP) is 5.67. The molecule has 2 heterocycles. The minimum absolute atomic E-state index is 0.0230. The lowest BCUT2D eigenvalue weighted by atomic mass is 10.1. The Kier molecular flexibility index (Phi) is 6.41. The van der Waals surface area contributed by atoms with Crippen molar-refractivity contribution < 1.29 is 9.18 Å². The molecule has 1 amide bonds. The minimum atomic E-state index is -0.610. The number of rotatable bonds is 6. The summed E-state index contributed by atoms with van der Waals surface area (Å²) >= 11 is 8.25. The van der Waals surface area contributed by atoms with Crippen LogP contribution >= 0.6 is 34.7 Å². The second-order valence-electron chi connectivity index (χ2n) is 6.60. The molecule has 2 aromatic heterocycles. The van der Waals surface area contributed by atoms with Crippen molar-refractivity contribution in [3.8, 4) is 11.1 Å². The Bertz CT molecular complexity index is 1320. The zero-order valence-corrected chi connectivity index (χ0v) is 18.8. The molecule has 158 valence electrons. The van der Waals surface area contributed by atoms with E-state index in [4.69, 9.17) is 16.6 Å². The average Bonchev–Trinajstić information content (AvgIpc) is 3.19. The number of amides is 1. The van der Waals surface area contributed by atoms with E-state index in [0.29, 0.717) is 21.9 Å². The standard InChI is InChI=1S/C22H17ClFN3O2S2/c1-2-27-21(29)20-19(15(11-30-20)13-6-4-3-5-7-13)26-22(27)31-12-18(28)25-17-9-8-14(23)10-16(17)24/h3-11H,2,12H2,1H3,(H,25,28). The highest BCUT2D eigenvalue weighted by molar-refractivity contribution is 7.99.